The van der Waals surface area contributed by atoms with Gasteiger partial charge in [0, 0.05) is 13.0 Å². The standard InChI is InChI=1S/C7H9N3O2/c8-6-5-4(11)2-1-3-10(5)7(12)9-6/h1-3,8H2,(H,9,12). The van der Waals surface area contributed by atoms with Crippen molar-refractivity contribution in [2.45, 2.75) is 19.4 Å². The summed E-state index contributed by atoms with van der Waals surface area (Å²) in [5.41, 5.74) is 5.53. The van der Waals surface area contributed by atoms with Gasteiger partial charge in [0.15, 0.2) is 5.78 Å². The van der Waals surface area contributed by atoms with Gasteiger partial charge in [0.05, 0.1) is 0 Å². The smallest absolute Gasteiger partial charge is 0.327 e. The van der Waals surface area contributed by atoms with Crippen molar-refractivity contribution in [2.24, 2.45) is 0 Å². The minimum atomic E-state index is -0.282. The number of rotatable bonds is 0. The number of fused-ring (bicyclic) bond motifs is 1. The van der Waals surface area contributed by atoms with Crippen molar-refractivity contribution < 1.29 is 4.79 Å². The summed E-state index contributed by atoms with van der Waals surface area (Å²) in [6, 6.07) is 0. The van der Waals surface area contributed by atoms with Gasteiger partial charge in [-0.2, -0.15) is 0 Å². The highest BCUT2D eigenvalue weighted by atomic mass is 16.2. The number of nitrogen functional groups attached to an aromatic ring is 1. The van der Waals surface area contributed by atoms with Crippen molar-refractivity contribution in [2.75, 3.05) is 5.73 Å². The number of carbonyl (C=O) groups excluding carboxylic acids is 1. The first-order valence-electron chi connectivity index (χ1n) is 3.81. The second-order valence-electron chi connectivity index (χ2n) is 2.87. The molecule has 0 aliphatic carbocycles. The number of aromatic nitrogens is 2. The molecule has 2 heterocycles. The van der Waals surface area contributed by atoms with E-state index in [0.717, 1.165) is 6.42 Å². The zero-order chi connectivity index (χ0) is 8.72. The lowest BCUT2D eigenvalue weighted by Crippen LogP contribution is -2.25. The minimum absolute atomic E-state index is 0.0444. The van der Waals surface area contributed by atoms with Crippen LogP contribution >= 0.6 is 0 Å². The lowest BCUT2D eigenvalue weighted by molar-refractivity contribution is 0.0955. The van der Waals surface area contributed by atoms with Crippen molar-refractivity contribution in [1.82, 2.24) is 9.55 Å². The van der Waals surface area contributed by atoms with Crippen LogP contribution in [0.3, 0.4) is 0 Å². The monoisotopic (exact) mass is 167 g/mol. The molecule has 1 aromatic heterocycles. The maximum atomic E-state index is 11.3. The molecule has 0 unspecified atom stereocenters. The van der Waals surface area contributed by atoms with Gasteiger partial charge in [0.1, 0.15) is 11.5 Å². The van der Waals surface area contributed by atoms with Gasteiger partial charge >= 0.3 is 5.69 Å². The summed E-state index contributed by atoms with van der Waals surface area (Å²) in [6.07, 6.45) is 1.21. The number of hydrogen-bond acceptors (Lipinski definition) is 3. The predicted molar refractivity (Wildman–Crippen MR) is 43.0 cm³/mol. The largest absolute Gasteiger partial charge is 0.383 e. The van der Waals surface area contributed by atoms with Crippen LogP contribution in [0.25, 0.3) is 0 Å². The average Bonchev–Trinajstić information content (AvgIpc) is 2.29. The Hall–Kier alpha value is -1.52. The molecule has 0 aromatic carbocycles. The van der Waals surface area contributed by atoms with E-state index in [-0.39, 0.29) is 17.3 Å². The SMILES string of the molecule is Nc1[nH]c(=O)n2c1C(=O)CCC2. The van der Waals surface area contributed by atoms with E-state index in [4.69, 9.17) is 5.73 Å². The predicted octanol–water partition coefficient (Wildman–Crippen LogP) is -0.265. The normalized spacial score (nSPS) is 16.2. The second-order valence-corrected chi connectivity index (χ2v) is 2.87. The third-order valence-corrected chi connectivity index (χ3v) is 2.06. The molecule has 1 aliphatic heterocycles. The van der Waals surface area contributed by atoms with Gasteiger partial charge in [-0.3, -0.25) is 14.3 Å². The molecule has 1 aromatic rings. The van der Waals surface area contributed by atoms with Gasteiger partial charge in [0.25, 0.3) is 0 Å². The van der Waals surface area contributed by atoms with Crippen LogP contribution in [0.15, 0.2) is 4.79 Å². The quantitative estimate of drug-likeness (QED) is 0.558. The molecule has 0 atom stereocenters. The summed E-state index contributed by atoms with van der Waals surface area (Å²) in [5.74, 6) is 0.154. The fraction of sp³-hybridized carbons (Fsp3) is 0.429. The highest BCUT2D eigenvalue weighted by molar-refractivity contribution is 5.98. The van der Waals surface area contributed by atoms with E-state index in [1.807, 2.05) is 0 Å². The number of nitrogens with two attached hydrogens (primary N) is 1. The van der Waals surface area contributed by atoms with Gasteiger partial charge in [-0.05, 0) is 6.42 Å². The number of imidazole rings is 1. The van der Waals surface area contributed by atoms with Gasteiger partial charge in [-0.1, -0.05) is 0 Å². The van der Waals surface area contributed by atoms with Crippen LogP contribution in [0.4, 0.5) is 5.82 Å². The number of aromatic amines is 1. The molecule has 0 radical (unpaired) electrons. The summed E-state index contributed by atoms with van der Waals surface area (Å²) in [4.78, 5) is 24.8. The van der Waals surface area contributed by atoms with Crippen LogP contribution in [0.1, 0.15) is 23.3 Å². The van der Waals surface area contributed by atoms with E-state index in [1.165, 1.54) is 4.57 Å². The summed E-state index contributed by atoms with van der Waals surface area (Å²) >= 11 is 0. The molecule has 12 heavy (non-hydrogen) atoms. The van der Waals surface area contributed by atoms with Crippen LogP contribution in [0, 0.1) is 0 Å². The van der Waals surface area contributed by atoms with Crippen molar-refractivity contribution >= 4 is 11.6 Å². The fourth-order valence-electron chi connectivity index (χ4n) is 1.52. The Labute approximate surface area is 68.2 Å². The average molecular weight is 167 g/mol. The van der Waals surface area contributed by atoms with Crippen molar-refractivity contribution in [1.29, 1.82) is 0 Å². The summed E-state index contributed by atoms with van der Waals surface area (Å²) in [5, 5.41) is 0. The van der Waals surface area contributed by atoms with E-state index in [2.05, 4.69) is 4.98 Å². The zero-order valence-electron chi connectivity index (χ0n) is 6.46. The van der Waals surface area contributed by atoms with Crippen LogP contribution in [-0.2, 0) is 6.54 Å². The van der Waals surface area contributed by atoms with Crippen molar-refractivity contribution in [3.05, 3.63) is 16.2 Å². The van der Waals surface area contributed by atoms with Crippen LogP contribution in [0.2, 0.25) is 0 Å². The molecule has 0 bridgehead atoms. The number of nitrogens with one attached hydrogen (secondary N) is 1. The van der Waals surface area contributed by atoms with Crippen LogP contribution in [-0.4, -0.2) is 15.3 Å². The number of nitrogens with zero attached hydrogens (tertiary/aromatic N) is 1. The third-order valence-electron chi connectivity index (χ3n) is 2.06. The van der Waals surface area contributed by atoms with E-state index >= 15 is 0 Å². The Morgan fingerprint density at radius 3 is 2.83 bits per heavy atom. The highest BCUT2D eigenvalue weighted by Crippen LogP contribution is 2.16. The molecule has 64 valence electrons. The Bertz CT molecular complexity index is 388. The maximum Gasteiger partial charge on any atom is 0.327 e. The van der Waals surface area contributed by atoms with Gasteiger partial charge in [-0.15, -0.1) is 0 Å². The summed E-state index contributed by atoms with van der Waals surface area (Å²) in [7, 11) is 0. The minimum Gasteiger partial charge on any atom is -0.383 e. The zero-order valence-corrected chi connectivity index (χ0v) is 6.46. The maximum absolute atomic E-state index is 11.3. The molecule has 2 rings (SSSR count). The molecular formula is C7H9N3O2. The number of anilines is 1. The Balaban J connectivity index is 2.71. The topological polar surface area (TPSA) is 80.9 Å². The van der Waals surface area contributed by atoms with E-state index in [9.17, 15) is 9.59 Å². The molecule has 0 amide bonds. The Kier molecular flexibility index (Phi) is 1.33. The molecule has 0 spiro atoms. The highest BCUT2D eigenvalue weighted by Gasteiger charge is 2.22. The van der Waals surface area contributed by atoms with Gasteiger partial charge in [0.2, 0.25) is 0 Å². The first kappa shape index (κ1) is 7.15. The van der Waals surface area contributed by atoms with Gasteiger partial charge in [-0.25, -0.2) is 4.79 Å². The van der Waals surface area contributed by atoms with Crippen LogP contribution in [0.5, 0.6) is 0 Å². The molecule has 0 saturated carbocycles. The summed E-state index contributed by atoms with van der Waals surface area (Å²) in [6.45, 7) is 0.591. The fourth-order valence-corrected chi connectivity index (χ4v) is 1.52. The Morgan fingerprint density at radius 2 is 2.17 bits per heavy atom. The first-order valence-corrected chi connectivity index (χ1v) is 3.81. The van der Waals surface area contributed by atoms with Gasteiger partial charge < -0.3 is 5.73 Å². The Morgan fingerprint density at radius 1 is 1.42 bits per heavy atom. The molecule has 3 N–H and O–H groups in total. The lowest BCUT2D eigenvalue weighted by atomic mass is 10.1. The van der Waals surface area contributed by atoms with Crippen molar-refractivity contribution in [3.63, 3.8) is 0 Å². The molecule has 0 saturated heterocycles. The van der Waals surface area contributed by atoms with E-state index in [0.29, 0.717) is 18.7 Å². The first-order chi connectivity index (χ1) is 5.70. The second kappa shape index (κ2) is 2.23. The molecule has 0 fully saturated rings. The molecular weight excluding hydrogens is 158 g/mol. The summed E-state index contributed by atoms with van der Waals surface area (Å²) < 4.78 is 1.40. The lowest BCUT2D eigenvalue weighted by Gasteiger charge is -2.11. The molecule has 1 aliphatic rings. The number of hydrogen-bond donors (Lipinski definition) is 2. The third kappa shape index (κ3) is 0.792. The van der Waals surface area contributed by atoms with E-state index in [1.54, 1.807) is 0 Å². The van der Waals surface area contributed by atoms with E-state index < -0.39 is 0 Å². The van der Waals surface area contributed by atoms with Crippen LogP contribution < -0.4 is 11.4 Å². The number of Topliss-reactive ketones (excluding diaryl/α,β-unsaturated/α-hetero) is 1. The number of carbonyl (C=O) groups is 1. The number of ketones is 1. The van der Waals surface area contributed by atoms with Crippen molar-refractivity contribution in [3.8, 4) is 0 Å². The number of H-pyrrole nitrogens is 1. The molecule has 5 heteroatoms. The molecule has 5 nitrogen and oxygen atoms in total.